The second kappa shape index (κ2) is 4.12. The van der Waals surface area contributed by atoms with E-state index < -0.39 is 4.84 Å². The number of carbonyl (C=O) groups is 1. The molecule has 1 rings (SSSR count). The smallest absolute Gasteiger partial charge is 0.195 e. The highest BCUT2D eigenvalue weighted by atomic mass is 35.5. The molecule has 1 nitrogen and oxygen atoms in total. The molecule has 0 radical (unpaired) electrons. The average Bonchev–Trinajstić information content (AvgIpc) is 2.03. The van der Waals surface area contributed by atoms with Crippen molar-refractivity contribution in [3.8, 4) is 0 Å². The quantitative estimate of drug-likeness (QED) is 0.548. The number of carbonyl (C=O) groups excluding carboxylic acids is 1. The molecule has 0 N–H and O–H groups in total. The molecule has 0 fully saturated rings. The van der Waals surface area contributed by atoms with Crippen molar-refractivity contribution in [2.45, 2.75) is 18.7 Å². The molecule has 0 bridgehead atoms. The van der Waals surface area contributed by atoms with E-state index in [0.29, 0.717) is 5.56 Å². The first kappa shape index (κ1) is 10.6. The van der Waals surface area contributed by atoms with E-state index in [-0.39, 0.29) is 5.78 Å². The molecular weight excluding hydrogens is 207 g/mol. The fourth-order valence-corrected chi connectivity index (χ4v) is 1.44. The van der Waals surface area contributed by atoms with Gasteiger partial charge in [0.2, 0.25) is 0 Å². The zero-order valence-corrected chi connectivity index (χ0v) is 8.99. The number of hydrogen-bond donors (Lipinski definition) is 0. The molecule has 3 heteroatoms. The molecule has 0 aliphatic rings. The highest BCUT2D eigenvalue weighted by Crippen LogP contribution is 2.16. The number of rotatable bonds is 2. The van der Waals surface area contributed by atoms with Crippen LogP contribution < -0.4 is 0 Å². The number of alkyl halides is 2. The summed E-state index contributed by atoms with van der Waals surface area (Å²) < 4.78 is 0. The number of ketones is 1. The number of Topliss-reactive ketones (excluding diaryl/α,β-unsaturated/α-hetero) is 1. The molecule has 1 aromatic carbocycles. The molecule has 0 spiro atoms. The van der Waals surface area contributed by atoms with Crippen molar-refractivity contribution >= 4 is 29.0 Å². The summed E-state index contributed by atoms with van der Waals surface area (Å²) in [5.74, 6) is -0.235. The van der Waals surface area contributed by atoms with Crippen molar-refractivity contribution in [3.05, 3.63) is 34.9 Å². The topological polar surface area (TPSA) is 17.1 Å². The van der Waals surface area contributed by atoms with E-state index in [0.717, 1.165) is 11.1 Å². The minimum atomic E-state index is -0.971. The second-order valence-corrected chi connectivity index (χ2v) is 4.08. The van der Waals surface area contributed by atoms with Gasteiger partial charge in [0, 0.05) is 5.56 Å². The largest absolute Gasteiger partial charge is 0.291 e. The summed E-state index contributed by atoms with van der Waals surface area (Å²) in [6.07, 6.45) is 0. The Labute approximate surface area is 87.7 Å². The third kappa shape index (κ3) is 2.45. The van der Waals surface area contributed by atoms with Crippen LogP contribution in [0.1, 0.15) is 21.5 Å². The van der Waals surface area contributed by atoms with E-state index >= 15 is 0 Å². The predicted octanol–water partition coefficient (Wildman–Crippen LogP) is 3.29. The Morgan fingerprint density at radius 3 is 2.38 bits per heavy atom. The molecule has 0 saturated carbocycles. The van der Waals surface area contributed by atoms with Crippen LogP contribution in [0.25, 0.3) is 0 Å². The van der Waals surface area contributed by atoms with Crippen LogP contribution in [0.3, 0.4) is 0 Å². The van der Waals surface area contributed by atoms with E-state index in [4.69, 9.17) is 23.2 Å². The molecule has 0 heterocycles. The van der Waals surface area contributed by atoms with Crippen LogP contribution >= 0.6 is 23.2 Å². The molecule has 1 aromatic rings. The summed E-state index contributed by atoms with van der Waals surface area (Å²) >= 11 is 11.0. The van der Waals surface area contributed by atoms with Gasteiger partial charge in [0.25, 0.3) is 0 Å². The molecule has 0 saturated heterocycles. The van der Waals surface area contributed by atoms with Crippen LogP contribution in [0.15, 0.2) is 18.2 Å². The highest BCUT2D eigenvalue weighted by Gasteiger charge is 2.15. The minimum Gasteiger partial charge on any atom is -0.291 e. The summed E-state index contributed by atoms with van der Waals surface area (Å²) in [6, 6.07) is 5.56. The van der Waals surface area contributed by atoms with Crippen molar-refractivity contribution in [2.24, 2.45) is 0 Å². The van der Waals surface area contributed by atoms with Gasteiger partial charge >= 0.3 is 0 Å². The lowest BCUT2D eigenvalue weighted by molar-refractivity contribution is 0.101. The Balaban J connectivity index is 3.09. The monoisotopic (exact) mass is 216 g/mol. The van der Waals surface area contributed by atoms with Gasteiger partial charge in [-0.25, -0.2) is 0 Å². The first-order valence-electron chi connectivity index (χ1n) is 3.92. The summed E-state index contributed by atoms with van der Waals surface area (Å²) in [6.45, 7) is 3.84. The average molecular weight is 217 g/mol. The molecule has 0 unspecified atom stereocenters. The SMILES string of the molecule is Cc1ccc(C(=O)C(Cl)Cl)c(C)c1. The molecule has 0 amide bonds. The Bertz CT molecular complexity index is 332. The molecule has 0 aliphatic carbocycles. The first-order valence-corrected chi connectivity index (χ1v) is 4.79. The summed E-state index contributed by atoms with van der Waals surface area (Å²) in [7, 11) is 0. The lowest BCUT2D eigenvalue weighted by Gasteiger charge is -2.05. The maximum absolute atomic E-state index is 11.4. The molecule has 0 atom stereocenters. The molecule has 0 aromatic heterocycles. The van der Waals surface area contributed by atoms with E-state index in [9.17, 15) is 4.79 Å². The standard InChI is InChI=1S/C10H10Cl2O/c1-6-3-4-8(7(2)5-6)9(13)10(11)12/h3-5,10H,1-2H3. The van der Waals surface area contributed by atoms with E-state index in [2.05, 4.69) is 0 Å². The molecule has 70 valence electrons. The summed E-state index contributed by atoms with van der Waals surface area (Å²) in [4.78, 5) is 10.4. The third-order valence-electron chi connectivity index (χ3n) is 1.85. The van der Waals surface area contributed by atoms with Crippen LogP contribution in [-0.4, -0.2) is 10.6 Å². The zero-order valence-electron chi connectivity index (χ0n) is 7.47. The lowest BCUT2D eigenvalue weighted by Crippen LogP contribution is -2.09. The summed E-state index contributed by atoms with van der Waals surface area (Å²) in [5, 5.41) is 0. The maximum atomic E-state index is 11.4. The van der Waals surface area contributed by atoms with E-state index in [1.54, 1.807) is 6.07 Å². The van der Waals surface area contributed by atoms with Gasteiger partial charge in [-0.2, -0.15) is 0 Å². The highest BCUT2D eigenvalue weighted by molar-refractivity contribution is 6.55. The van der Waals surface area contributed by atoms with Crippen LogP contribution in [0.2, 0.25) is 0 Å². The van der Waals surface area contributed by atoms with Crippen molar-refractivity contribution in [1.82, 2.24) is 0 Å². The Morgan fingerprint density at radius 1 is 1.31 bits per heavy atom. The second-order valence-electron chi connectivity index (χ2n) is 2.98. The Morgan fingerprint density at radius 2 is 1.92 bits per heavy atom. The fourth-order valence-electron chi connectivity index (χ4n) is 1.21. The van der Waals surface area contributed by atoms with Gasteiger partial charge in [-0.05, 0) is 19.4 Å². The minimum absolute atomic E-state index is 0.235. The summed E-state index contributed by atoms with van der Waals surface area (Å²) in [5.41, 5.74) is 2.63. The van der Waals surface area contributed by atoms with Gasteiger partial charge in [-0.15, -0.1) is 0 Å². The Hall–Kier alpha value is -0.530. The normalized spacial score (nSPS) is 10.5. The van der Waals surface area contributed by atoms with Crippen molar-refractivity contribution < 1.29 is 4.79 Å². The number of hydrogen-bond acceptors (Lipinski definition) is 1. The number of aryl methyl sites for hydroxylation is 2. The van der Waals surface area contributed by atoms with Gasteiger partial charge in [0.15, 0.2) is 10.6 Å². The van der Waals surface area contributed by atoms with Crippen LogP contribution in [0.5, 0.6) is 0 Å². The van der Waals surface area contributed by atoms with Crippen LogP contribution in [0.4, 0.5) is 0 Å². The third-order valence-corrected chi connectivity index (χ3v) is 2.24. The zero-order chi connectivity index (χ0) is 10.0. The fraction of sp³-hybridized carbons (Fsp3) is 0.300. The Kier molecular flexibility index (Phi) is 3.34. The molecule has 13 heavy (non-hydrogen) atoms. The van der Waals surface area contributed by atoms with Crippen molar-refractivity contribution in [2.75, 3.05) is 0 Å². The van der Waals surface area contributed by atoms with E-state index in [1.165, 1.54) is 0 Å². The van der Waals surface area contributed by atoms with Crippen LogP contribution in [0, 0.1) is 13.8 Å². The van der Waals surface area contributed by atoms with Crippen molar-refractivity contribution in [3.63, 3.8) is 0 Å². The van der Waals surface area contributed by atoms with Gasteiger partial charge in [0.1, 0.15) is 0 Å². The van der Waals surface area contributed by atoms with Crippen LogP contribution in [-0.2, 0) is 0 Å². The van der Waals surface area contributed by atoms with Gasteiger partial charge < -0.3 is 0 Å². The molecular formula is C10H10Cl2O. The van der Waals surface area contributed by atoms with Gasteiger partial charge in [0.05, 0.1) is 0 Å². The van der Waals surface area contributed by atoms with E-state index in [1.807, 2.05) is 26.0 Å². The number of benzene rings is 1. The van der Waals surface area contributed by atoms with Gasteiger partial charge in [-0.1, -0.05) is 47.0 Å². The lowest BCUT2D eigenvalue weighted by atomic mass is 10.0. The van der Waals surface area contributed by atoms with Crippen molar-refractivity contribution in [1.29, 1.82) is 0 Å². The number of halogens is 2. The van der Waals surface area contributed by atoms with Gasteiger partial charge in [-0.3, -0.25) is 4.79 Å². The first-order chi connectivity index (χ1) is 6.02. The maximum Gasteiger partial charge on any atom is 0.195 e. The molecule has 0 aliphatic heterocycles. The predicted molar refractivity (Wildman–Crippen MR) is 55.7 cm³/mol.